The minimum absolute atomic E-state index is 0.00986. The van der Waals surface area contributed by atoms with Crippen LogP contribution in [0.1, 0.15) is 19.4 Å². The molecule has 0 bridgehead atoms. The van der Waals surface area contributed by atoms with Gasteiger partial charge in [-0.2, -0.15) is 0 Å². The number of rotatable bonds is 2. The molecule has 2 nitrogen and oxygen atoms in total. The van der Waals surface area contributed by atoms with Crippen LogP contribution in [0.3, 0.4) is 0 Å². The van der Waals surface area contributed by atoms with Crippen molar-refractivity contribution in [3.63, 3.8) is 0 Å². The van der Waals surface area contributed by atoms with Crippen molar-refractivity contribution < 1.29 is 0 Å². The molecule has 1 aromatic carbocycles. The summed E-state index contributed by atoms with van der Waals surface area (Å²) in [6.45, 7) is 4.33. The molecule has 2 rings (SSSR count). The van der Waals surface area contributed by atoms with Gasteiger partial charge in [0.05, 0.1) is 0 Å². The van der Waals surface area contributed by atoms with E-state index >= 15 is 0 Å². The lowest BCUT2D eigenvalue weighted by Crippen LogP contribution is -2.08. The fourth-order valence-corrected chi connectivity index (χ4v) is 1.89. The van der Waals surface area contributed by atoms with Crippen LogP contribution in [0, 0.1) is 5.92 Å². The lowest BCUT2D eigenvalue weighted by atomic mass is 9.99. The van der Waals surface area contributed by atoms with E-state index in [1.807, 2.05) is 18.2 Å². The van der Waals surface area contributed by atoms with E-state index in [4.69, 9.17) is 0 Å². The lowest BCUT2D eigenvalue weighted by Gasteiger charge is -2.08. The maximum atomic E-state index is 11.4. The van der Waals surface area contributed by atoms with Gasteiger partial charge in [0.1, 0.15) is 0 Å². The molecule has 78 valence electrons. The number of fused-ring (bicyclic) bond motifs is 1. The molecule has 15 heavy (non-hydrogen) atoms. The Morgan fingerprint density at radius 3 is 2.73 bits per heavy atom. The molecule has 0 aliphatic rings. The van der Waals surface area contributed by atoms with E-state index < -0.39 is 0 Å². The maximum absolute atomic E-state index is 11.4. The summed E-state index contributed by atoms with van der Waals surface area (Å²) in [7, 11) is 0. The van der Waals surface area contributed by atoms with Gasteiger partial charge in [-0.05, 0) is 24.0 Å². The van der Waals surface area contributed by atoms with Crippen LogP contribution in [-0.4, -0.2) is 4.98 Å². The quantitative estimate of drug-likeness (QED) is 0.796. The lowest BCUT2D eigenvalue weighted by molar-refractivity contribution is 0.649. The van der Waals surface area contributed by atoms with Crippen LogP contribution >= 0.6 is 0 Å². The van der Waals surface area contributed by atoms with Gasteiger partial charge in [-0.25, -0.2) is 0 Å². The van der Waals surface area contributed by atoms with Crippen LogP contribution in [-0.2, 0) is 6.42 Å². The second-order valence-corrected chi connectivity index (χ2v) is 4.30. The van der Waals surface area contributed by atoms with Gasteiger partial charge in [0.2, 0.25) is 5.56 Å². The molecule has 2 aromatic rings. The van der Waals surface area contributed by atoms with E-state index in [0.717, 1.165) is 22.9 Å². The Kier molecular flexibility index (Phi) is 2.58. The van der Waals surface area contributed by atoms with Gasteiger partial charge in [-0.15, -0.1) is 0 Å². The van der Waals surface area contributed by atoms with Crippen molar-refractivity contribution in [2.45, 2.75) is 20.3 Å². The van der Waals surface area contributed by atoms with Crippen molar-refractivity contribution in [3.05, 3.63) is 46.2 Å². The number of para-hydroxylation sites is 1. The first-order valence-electron chi connectivity index (χ1n) is 5.28. The van der Waals surface area contributed by atoms with Crippen LogP contribution in [0.25, 0.3) is 10.9 Å². The van der Waals surface area contributed by atoms with E-state index in [9.17, 15) is 4.79 Å². The minimum Gasteiger partial charge on any atom is -0.322 e. The number of hydrogen-bond acceptors (Lipinski definition) is 1. The monoisotopic (exact) mass is 201 g/mol. The molecule has 0 fully saturated rings. The van der Waals surface area contributed by atoms with Crippen LogP contribution in [0.4, 0.5) is 0 Å². The first-order chi connectivity index (χ1) is 7.16. The summed E-state index contributed by atoms with van der Waals surface area (Å²) in [4.78, 5) is 14.3. The molecular formula is C13H15NO. The van der Waals surface area contributed by atoms with E-state index in [-0.39, 0.29) is 5.56 Å². The number of aromatic amines is 1. The second kappa shape index (κ2) is 3.89. The number of pyridine rings is 1. The predicted molar refractivity (Wildman–Crippen MR) is 63.1 cm³/mol. The van der Waals surface area contributed by atoms with E-state index in [0.29, 0.717) is 5.92 Å². The highest BCUT2D eigenvalue weighted by atomic mass is 16.1. The molecule has 1 heterocycles. The molecule has 0 aliphatic heterocycles. The first kappa shape index (κ1) is 9.97. The molecule has 0 atom stereocenters. The zero-order chi connectivity index (χ0) is 10.8. The molecule has 0 spiro atoms. The number of H-pyrrole nitrogens is 1. The fourth-order valence-electron chi connectivity index (χ4n) is 1.89. The Hall–Kier alpha value is -1.57. The van der Waals surface area contributed by atoms with Gasteiger partial charge in [0.25, 0.3) is 0 Å². The summed E-state index contributed by atoms with van der Waals surface area (Å²) in [6, 6.07) is 9.66. The molecular weight excluding hydrogens is 186 g/mol. The van der Waals surface area contributed by atoms with Gasteiger partial charge in [0, 0.05) is 17.0 Å². The number of hydrogen-bond donors (Lipinski definition) is 1. The molecule has 1 N–H and O–H groups in total. The average molecular weight is 201 g/mol. The summed E-state index contributed by atoms with van der Waals surface area (Å²) in [5.41, 5.74) is 2.06. The fraction of sp³-hybridized carbons (Fsp3) is 0.308. The minimum atomic E-state index is -0.00986. The molecule has 2 heteroatoms. The average Bonchev–Trinajstić information content (AvgIpc) is 2.16. The van der Waals surface area contributed by atoms with Gasteiger partial charge in [-0.1, -0.05) is 32.0 Å². The molecule has 0 amide bonds. The molecule has 0 radical (unpaired) electrons. The van der Waals surface area contributed by atoms with Crippen LogP contribution in [0.15, 0.2) is 35.1 Å². The van der Waals surface area contributed by atoms with Gasteiger partial charge in [-0.3, -0.25) is 4.79 Å². The largest absolute Gasteiger partial charge is 0.322 e. The maximum Gasteiger partial charge on any atom is 0.248 e. The Labute approximate surface area is 89.0 Å². The number of nitrogens with one attached hydrogen (secondary N) is 1. The van der Waals surface area contributed by atoms with Crippen molar-refractivity contribution in [3.8, 4) is 0 Å². The Morgan fingerprint density at radius 2 is 2.00 bits per heavy atom. The first-order valence-corrected chi connectivity index (χ1v) is 5.28. The second-order valence-electron chi connectivity index (χ2n) is 4.30. The topological polar surface area (TPSA) is 32.9 Å². The smallest absolute Gasteiger partial charge is 0.248 e. The van der Waals surface area contributed by atoms with Crippen molar-refractivity contribution >= 4 is 10.9 Å². The molecule has 0 unspecified atom stereocenters. The summed E-state index contributed by atoms with van der Waals surface area (Å²) in [5.74, 6) is 0.565. The van der Waals surface area contributed by atoms with Crippen molar-refractivity contribution in [1.82, 2.24) is 4.98 Å². The third-order valence-electron chi connectivity index (χ3n) is 2.46. The molecule has 0 aliphatic carbocycles. The standard InChI is InChI=1S/C13H15NO/c1-9(2)7-10-8-13(15)14-12-6-4-3-5-11(10)12/h3-6,8-9H,7H2,1-2H3,(H,14,15). The van der Waals surface area contributed by atoms with Crippen LogP contribution < -0.4 is 5.56 Å². The Bertz CT molecular complexity index is 525. The van der Waals surface area contributed by atoms with E-state index in [1.54, 1.807) is 6.07 Å². The SMILES string of the molecule is CC(C)Cc1cc(=O)[nH]c2ccccc12. The number of aromatic nitrogens is 1. The summed E-state index contributed by atoms with van der Waals surface area (Å²) >= 11 is 0. The number of benzene rings is 1. The normalized spacial score (nSPS) is 11.1. The highest BCUT2D eigenvalue weighted by Crippen LogP contribution is 2.17. The van der Waals surface area contributed by atoms with Gasteiger partial charge in [0.15, 0.2) is 0 Å². The summed E-state index contributed by atoms with van der Waals surface area (Å²) in [5, 5.41) is 1.16. The van der Waals surface area contributed by atoms with E-state index in [2.05, 4.69) is 24.9 Å². The zero-order valence-corrected chi connectivity index (χ0v) is 9.08. The van der Waals surface area contributed by atoms with Crippen molar-refractivity contribution in [2.75, 3.05) is 0 Å². The third-order valence-corrected chi connectivity index (χ3v) is 2.46. The highest BCUT2D eigenvalue weighted by molar-refractivity contribution is 5.81. The van der Waals surface area contributed by atoms with Gasteiger partial charge >= 0.3 is 0 Å². The molecule has 0 saturated heterocycles. The van der Waals surface area contributed by atoms with Crippen LogP contribution in [0.2, 0.25) is 0 Å². The van der Waals surface area contributed by atoms with Crippen molar-refractivity contribution in [2.24, 2.45) is 5.92 Å². The molecule has 0 saturated carbocycles. The highest BCUT2D eigenvalue weighted by Gasteiger charge is 2.04. The predicted octanol–water partition coefficient (Wildman–Crippen LogP) is 2.73. The van der Waals surface area contributed by atoms with Crippen LogP contribution in [0.5, 0.6) is 0 Å². The third kappa shape index (κ3) is 2.09. The Morgan fingerprint density at radius 1 is 1.27 bits per heavy atom. The zero-order valence-electron chi connectivity index (χ0n) is 9.08. The summed E-state index contributed by atoms with van der Waals surface area (Å²) < 4.78 is 0. The molecule has 1 aromatic heterocycles. The Balaban J connectivity index is 2.66. The summed E-state index contributed by atoms with van der Waals surface area (Å²) in [6.07, 6.45) is 0.949. The van der Waals surface area contributed by atoms with Crippen molar-refractivity contribution in [1.29, 1.82) is 0 Å². The van der Waals surface area contributed by atoms with E-state index in [1.165, 1.54) is 0 Å². The van der Waals surface area contributed by atoms with Gasteiger partial charge < -0.3 is 4.98 Å².